The van der Waals surface area contributed by atoms with E-state index in [-0.39, 0.29) is 28.3 Å². The third-order valence-corrected chi connectivity index (χ3v) is 4.63. The molecule has 0 aliphatic rings. The number of nitro benzene ring substituents is 1. The molecule has 0 aliphatic heterocycles. The van der Waals surface area contributed by atoms with Gasteiger partial charge in [-0.05, 0) is 30.7 Å². The summed E-state index contributed by atoms with van der Waals surface area (Å²) in [5.41, 5.74) is 3.11. The normalized spacial score (nSPS) is 10.8. The number of hydrogen-bond acceptors (Lipinski definition) is 7. The Kier molecular flexibility index (Phi) is 6.64. The highest BCUT2D eigenvalue weighted by Crippen LogP contribution is 2.32. The van der Waals surface area contributed by atoms with Crippen molar-refractivity contribution in [1.29, 1.82) is 0 Å². The predicted octanol–water partition coefficient (Wildman–Crippen LogP) is 2.59. The van der Waals surface area contributed by atoms with Gasteiger partial charge in [0.15, 0.2) is 11.5 Å². The van der Waals surface area contributed by atoms with Crippen LogP contribution in [0.1, 0.15) is 27.0 Å². The van der Waals surface area contributed by atoms with Crippen molar-refractivity contribution in [1.82, 2.24) is 9.99 Å². The second-order valence-electron chi connectivity index (χ2n) is 6.88. The van der Waals surface area contributed by atoms with E-state index in [0.717, 1.165) is 29.5 Å². The number of nitrogens with zero attached hydrogens (tertiary/aromatic N) is 3. The number of nitro groups is 1. The fourth-order valence-corrected chi connectivity index (χ4v) is 2.94. The number of nitrogens with one attached hydrogen (secondary N) is 1. The van der Waals surface area contributed by atoms with Crippen molar-refractivity contribution in [2.24, 2.45) is 5.10 Å². The SMILES string of the molecule is COc1cc([N+](=O)[O-])c(/C=N\NC(=O)c2cccn(Cc3ccc(C)cc3)c2=O)cc1O. The number of ether oxygens (including phenoxy) is 1. The van der Waals surface area contributed by atoms with Gasteiger partial charge < -0.3 is 14.4 Å². The molecule has 1 aromatic heterocycles. The first kappa shape index (κ1) is 22.2. The van der Waals surface area contributed by atoms with E-state index in [1.54, 1.807) is 12.3 Å². The Morgan fingerprint density at radius 2 is 2.00 bits per heavy atom. The standard InChI is InChI=1S/C22H20N4O6/c1-14-5-7-15(8-6-14)13-25-9-3-4-17(22(25)29)21(28)24-23-12-16-10-19(27)20(32-2)11-18(16)26(30)31/h3-12,27H,13H2,1-2H3,(H,24,28)/b23-12-. The average molecular weight is 436 g/mol. The Hall–Kier alpha value is -4.47. The maximum atomic E-state index is 12.7. The summed E-state index contributed by atoms with van der Waals surface area (Å²) >= 11 is 0. The van der Waals surface area contributed by atoms with Gasteiger partial charge in [-0.3, -0.25) is 19.7 Å². The number of amides is 1. The van der Waals surface area contributed by atoms with Crippen molar-refractivity contribution < 1.29 is 19.6 Å². The summed E-state index contributed by atoms with van der Waals surface area (Å²) < 4.78 is 6.26. The van der Waals surface area contributed by atoms with Gasteiger partial charge in [0.25, 0.3) is 17.2 Å². The summed E-state index contributed by atoms with van der Waals surface area (Å²) in [6.07, 6.45) is 2.58. The van der Waals surface area contributed by atoms with Crippen LogP contribution in [0.15, 0.2) is 64.6 Å². The summed E-state index contributed by atoms with van der Waals surface area (Å²) in [7, 11) is 1.26. The van der Waals surface area contributed by atoms with Crippen molar-refractivity contribution in [3.63, 3.8) is 0 Å². The molecule has 0 saturated heterocycles. The first-order valence-corrected chi connectivity index (χ1v) is 9.44. The number of phenolic OH excluding ortho intramolecular Hbond substituents is 1. The lowest BCUT2D eigenvalue weighted by atomic mass is 10.1. The molecule has 2 N–H and O–H groups in total. The van der Waals surface area contributed by atoms with Crippen molar-refractivity contribution in [2.75, 3.05) is 7.11 Å². The quantitative estimate of drug-likeness (QED) is 0.332. The van der Waals surface area contributed by atoms with E-state index in [2.05, 4.69) is 10.5 Å². The molecule has 2 aromatic carbocycles. The molecule has 32 heavy (non-hydrogen) atoms. The highest BCUT2D eigenvalue weighted by Gasteiger charge is 2.18. The predicted molar refractivity (Wildman–Crippen MR) is 117 cm³/mol. The largest absolute Gasteiger partial charge is 0.504 e. The molecule has 164 valence electrons. The number of aromatic hydroxyl groups is 1. The van der Waals surface area contributed by atoms with Gasteiger partial charge in [-0.25, -0.2) is 5.43 Å². The molecular formula is C22H20N4O6. The molecule has 0 aliphatic carbocycles. The molecule has 3 rings (SSSR count). The van der Waals surface area contributed by atoms with Gasteiger partial charge in [-0.1, -0.05) is 29.8 Å². The molecular weight excluding hydrogens is 416 g/mol. The highest BCUT2D eigenvalue weighted by molar-refractivity contribution is 5.95. The minimum Gasteiger partial charge on any atom is -0.504 e. The molecule has 10 nitrogen and oxygen atoms in total. The van der Waals surface area contributed by atoms with Gasteiger partial charge in [0, 0.05) is 6.20 Å². The lowest BCUT2D eigenvalue weighted by Crippen LogP contribution is -2.30. The highest BCUT2D eigenvalue weighted by atomic mass is 16.6. The first-order chi connectivity index (χ1) is 15.3. The Labute approximate surface area is 182 Å². The minimum atomic E-state index is -0.773. The van der Waals surface area contributed by atoms with E-state index in [1.807, 2.05) is 31.2 Å². The molecule has 0 bridgehead atoms. The van der Waals surface area contributed by atoms with Gasteiger partial charge >= 0.3 is 0 Å². The molecule has 1 heterocycles. The van der Waals surface area contributed by atoms with Gasteiger partial charge in [0.05, 0.1) is 36.4 Å². The van der Waals surface area contributed by atoms with Crippen LogP contribution in [0.25, 0.3) is 0 Å². The number of pyridine rings is 1. The smallest absolute Gasteiger partial charge is 0.282 e. The minimum absolute atomic E-state index is 0.0570. The maximum absolute atomic E-state index is 12.7. The zero-order valence-electron chi connectivity index (χ0n) is 17.3. The summed E-state index contributed by atoms with van der Waals surface area (Å²) in [5, 5.41) is 24.8. The van der Waals surface area contributed by atoms with Crippen molar-refractivity contribution in [2.45, 2.75) is 13.5 Å². The Balaban J connectivity index is 1.79. The number of carbonyl (C=O) groups is 1. The lowest BCUT2D eigenvalue weighted by molar-refractivity contribution is -0.385. The van der Waals surface area contributed by atoms with Gasteiger partial charge in [0.2, 0.25) is 0 Å². The molecule has 0 atom stereocenters. The molecule has 1 amide bonds. The summed E-state index contributed by atoms with van der Waals surface area (Å²) in [6, 6.07) is 12.7. The number of carbonyl (C=O) groups excluding carboxylic acids is 1. The molecule has 0 radical (unpaired) electrons. The Bertz CT molecular complexity index is 1250. The molecule has 0 saturated carbocycles. The second kappa shape index (κ2) is 9.56. The van der Waals surface area contributed by atoms with Crippen LogP contribution in [0.2, 0.25) is 0 Å². The van der Waals surface area contributed by atoms with Crippen molar-refractivity contribution >= 4 is 17.8 Å². The van der Waals surface area contributed by atoms with E-state index in [0.29, 0.717) is 6.54 Å². The molecule has 10 heteroatoms. The molecule has 3 aromatic rings. The number of hydrazone groups is 1. The van der Waals surface area contributed by atoms with E-state index >= 15 is 0 Å². The van der Waals surface area contributed by atoms with Crippen LogP contribution in [0, 0.1) is 17.0 Å². The number of aromatic nitrogens is 1. The van der Waals surface area contributed by atoms with Gasteiger partial charge in [-0.15, -0.1) is 0 Å². The molecule has 0 unspecified atom stereocenters. The van der Waals surface area contributed by atoms with Crippen LogP contribution in [0.5, 0.6) is 11.5 Å². The number of aryl methyl sites for hydroxylation is 1. The zero-order chi connectivity index (χ0) is 23.3. The number of rotatable bonds is 7. The van der Waals surface area contributed by atoms with Crippen molar-refractivity contribution in [3.05, 3.63) is 97.4 Å². The number of benzene rings is 2. The van der Waals surface area contributed by atoms with Crippen LogP contribution < -0.4 is 15.7 Å². The van der Waals surface area contributed by atoms with Crippen LogP contribution in [-0.4, -0.2) is 33.8 Å². The fourth-order valence-electron chi connectivity index (χ4n) is 2.94. The monoisotopic (exact) mass is 436 g/mol. The Morgan fingerprint density at radius 1 is 1.28 bits per heavy atom. The van der Waals surface area contributed by atoms with Crippen molar-refractivity contribution in [3.8, 4) is 11.5 Å². The Morgan fingerprint density at radius 3 is 2.66 bits per heavy atom. The topological polar surface area (TPSA) is 136 Å². The van der Waals surface area contributed by atoms with E-state index in [1.165, 1.54) is 17.7 Å². The second-order valence-corrected chi connectivity index (χ2v) is 6.88. The maximum Gasteiger partial charge on any atom is 0.282 e. The number of phenols is 1. The average Bonchev–Trinajstić information content (AvgIpc) is 2.76. The van der Waals surface area contributed by atoms with Crippen LogP contribution in [0.3, 0.4) is 0 Å². The third kappa shape index (κ3) is 4.98. The van der Waals surface area contributed by atoms with E-state index < -0.39 is 16.4 Å². The number of methoxy groups -OCH3 is 1. The van der Waals surface area contributed by atoms with Crippen LogP contribution >= 0.6 is 0 Å². The van der Waals surface area contributed by atoms with Crippen LogP contribution in [-0.2, 0) is 6.54 Å². The van der Waals surface area contributed by atoms with E-state index in [9.17, 15) is 24.8 Å². The van der Waals surface area contributed by atoms with Gasteiger partial charge in [0.1, 0.15) is 5.56 Å². The molecule has 0 fully saturated rings. The number of hydrogen-bond donors (Lipinski definition) is 2. The summed E-state index contributed by atoms with van der Waals surface area (Å²) in [6.45, 7) is 2.25. The van der Waals surface area contributed by atoms with Crippen LogP contribution in [0.4, 0.5) is 5.69 Å². The first-order valence-electron chi connectivity index (χ1n) is 9.44. The lowest BCUT2D eigenvalue weighted by Gasteiger charge is -2.08. The summed E-state index contributed by atoms with van der Waals surface area (Å²) in [5.74, 6) is -1.17. The fraction of sp³-hybridized carbons (Fsp3) is 0.136. The summed E-state index contributed by atoms with van der Waals surface area (Å²) in [4.78, 5) is 35.7. The third-order valence-electron chi connectivity index (χ3n) is 4.63. The van der Waals surface area contributed by atoms with Gasteiger partial charge in [-0.2, -0.15) is 5.10 Å². The molecule has 0 spiro atoms. The zero-order valence-corrected chi connectivity index (χ0v) is 17.3. The van der Waals surface area contributed by atoms with E-state index in [4.69, 9.17) is 4.74 Å².